The zero-order valence-corrected chi connectivity index (χ0v) is 20.4. The van der Waals surface area contributed by atoms with E-state index in [4.69, 9.17) is 4.74 Å². The van der Waals surface area contributed by atoms with E-state index in [0.717, 1.165) is 19.3 Å². The van der Waals surface area contributed by atoms with Crippen molar-refractivity contribution >= 4 is 22.9 Å². The summed E-state index contributed by atoms with van der Waals surface area (Å²) in [5.41, 5.74) is 0.0138. The third-order valence-electron chi connectivity index (χ3n) is 7.19. The van der Waals surface area contributed by atoms with Gasteiger partial charge in [-0.3, -0.25) is 4.57 Å². The van der Waals surface area contributed by atoms with Crippen LogP contribution in [0.15, 0.2) is 30.9 Å². The lowest BCUT2D eigenvalue weighted by Gasteiger charge is -2.46. The van der Waals surface area contributed by atoms with Gasteiger partial charge in [0, 0.05) is 43.1 Å². The number of pyridine rings is 1. The van der Waals surface area contributed by atoms with Gasteiger partial charge in [0.25, 0.3) is 6.43 Å². The molecule has 2 fully saturated rings. The minimum absolute atomic E-state index is 0.199. The molecule has 5 rings (SSSR count). The molecule has 0 radical (unpaired) electrons. The Morgan fingerprint density at radius 2 is 2.00 bits per heavy atom. The average Bonchev–Trinajstić information content (AvgIpc) is 3.24. The second-order valence-electron chi connectivity index (χ2n) is 9.84. The number of nitrogens with zero attached hydrogens (tertiary/aromatic N) is 7. The van der Waals surface area contributed by atoms with Crippen molar-refractivity contribution in [3.8, 4) is 11.9 Å². The number of fused-ring (bicyclic) bond motifs is 1. The molecule has 0 spiro atoms. The Balaban J connectivity index is 1.50. The summed E-state index contributed by atoms with van der Waals surface area (Å²) < 4.78 is 35.7. The number of aromatic nitrogens is 4. The number of rotatable bonds is 4. The number of anilines is 1. The fraction of sp³-hybridized carbons (Fsp3) is 0.480. The molecule has 9 nitrogen and oxygen atoms in total. The number of carbonyl (C=O) groups is 1. The van der Waals surface area contributed by atoms with Crippen LogP contribution in [0.2, 0.25) is 0 Å². The first kappa shape index (κ1) is 23.9. The molecule has 1 aliphatic carbocycles. The van der Waals surface area contributed by atoms with Crippen LogP contribution in [-0.2, 0) is 4.74 Å². The summed E-state index contributed by atoms with van der Waals surface area (Å²) in [4.78, 5) is 29.5. The van der Waals surface area contributed by atoms with E-state index >= 15 is 0 Å². The van der Waals surface area contributed by atoms with E-state index in [1.165, 1.54) is 29.4 Å². The average molecular weight is 496 g/mol. The zero-order valence-electron chi connectivity index (χ0n) is 20.4. The number of hydrogen-bond acceptors (Lipinski definition) is 7. The molecular formula is C25H27F2N7O2. The molecule has 11 heteroatoms. The smallest absolute Gasteiger partial charge is 0.410 e. The Labute approximate surface area is 207 Å². The predicted molar refractivity (Wildman–Crippen MR) is 128 cm³/mol. The molecule has 36 heavy (non-hydrogen) atoms. The van der Waals surface area contributed by atoms with E-state index in [9.17, 15) is 18.8 Å². The van der Waals surface area contributed by atoms with Gasteiger partial charge in [-0.15, -0.1) is 0 Å². The van der Waals surface area contributed by atoms with E-state index in [1.807, 2.05) is 31.7 Å². The van der Waals surface area contributed by atoms with Gasteiger partial charge >= 0.3 is 6.09 Å². The predicted octanol–water partition coefficient (Wildman–Crippen LogP) is 4.60. The summed E-state index contributed by atoms with van der Waals surface area (Å²) >= 11 is 0. The van der Waals surface area contributed by atoms with Crippen LogP contribution in [0.25, 0.3) is 16.9 Å². The molecule has 1 saturated carbocycles. The number of alkyl halides is 2. The summed E-state index contributed by atoms with van der Waals surface area (Å²) in [7, 11) is 0. The molecular weight excluding hydrogens is 468 g/mol. The van der Waals surface area contributed by atoms with Gasteiger partial charge in [-0.1, -0.05) is 0 Å². The second-order valence-corrected chi connectivity index (χ2v) is 9.84. The van der Waals surface area contributed by atoms with E-state index in [1.54, 1.807) is 11.0 Å². The van der Waals surface area contributed by atoms with E-state index in [-0.39, 0.29) is 34.8 Å². The SMILES string of the molecule is C[C@@H]1CN(c2ncnc3c2c(C(F)F)cn3-c2cc(C#N)ccn2)[C@@H](C)CN1C(=O)OC1(C)CCC1. The van der Waals surface area contributed by atoms with Crippen LogP contribution >= 0.6 is 0 Å². The number of piperazine rings is 1. The number of amides is 1. The van der Waals surface area contributed by atoms with Gasteiger partial charge in [0.05, 0.1) is 17.0 Å². The fourth-order valence-corrected chi connectivity index (χ4v) is 4.97. The van der Waals surface area contributed by atoms with Crippen LogP contribution in [0.4, 0.5) is 19.4 Å². The Morgan fingerprint density at radius 1 is 1.22 bits per heavy atom. The minimum atomic E-state index is -2.77. The second kappa shape index (κ2) is 9.00. The summed E-state index contributed by atoms with van der Waals surface area (Å²) in [5.74, 6) is 0.692. The molecule has 0 N–H and O–H groups in total. The maximum absolute atomic E-state index is 14.2. The first-order chi connectivity index (χ1) is 17.2. The monoisotopic (exact) mass is 495 g/mol. The van der Waals surface area contributed by atoms with Crippen molar-refractivity contribution in [2.24, 2.45) is 0 Å². The summed E-state index contributed by atoms with van der Waals surface area (Å²) in [6.45, 7) is 6.57. The standard InChI is InChI=1S/C25H27F2N7O2/c1-15-12-33(24(35)36-25(3)6-4-7-25)16(2)11-32(15)22-20-18(21(26)27)13-34(23(20)31-14-30-22)19-9-17(10-28)5-8-29-19/h5,8-9,13-16,21H,4,6-7,11-12H2,1-3H3/t15-,16+/m0/s1. The van der Waals surface area contributed by atoms with Gasteiger partial charge in [-0.05, 0) is 52.2 Å². The van der Waals surface area contributed by atoms with Crippen LogP contribution in [0.5, 0.6) is 0 Å². The first-order valence-corrected chi connectivity index (χ1v) is 12.0. The third-order valence-corrected chi connectivity index (χ3v) is 7.19. The Bertz CT molecular complexity index is 1350. The molecule has 1 amide bonds. The highest BCUT2D eigenvalue weighted by atomic mass is 19.3. The molecule has 0 unspecified atom stereocenters. The van der Waals surface area contributed by atoms with E-state index in [0.29, 0.717) is 30.3 Å². The molecule has 2 atom stereocenters. The van der Waals surface area contributed by atoms with E-state index in [2.05, 4.69) is 15.0 Å². The number of halogens is 2. The van der Waals surface area contributed by atoms with Crippen molar-refractivity contribution in [3.05, 3.63) is 42.0 Å². The summed E-state index contributed by atoms with van der Waals surface area (Å²) in [6, 6.07) is 4.69. The highest BCUT2D eigenvalue weighted by Gasteiger charge is 2.41. The Kier molecular flexibility index (Phi) is 5.98. The quantitative estimate of drug-likeness (QED) is 0.521. The lowest BCUT2D eigenvalue weighted by molar-refractivity contribution is -0.0533. The lowest BCUT2D eigenvalue weighted by Crippen LogP contribution is -2.59. The van der Waals surface area contributed by atoms with Crippen LogP contribution in [0.3, 0.4) is 0 Å². The maximum atomic E-state index is 14.2. The normalized spacial score (nSPS) is 21.4. The third kappa shape index (κ3) is 4.10. The van der Waals surface area contributed by atoms with Crippen molar-refractivity contribution in [1.29, 1.82) is 5.26 Å². The maximum Gasteiger partial charge on any atom is 0.410 e. The van der Waals surface area contributed by atoms with Gasteiger partial charge in [-0.25, -0.2) is 28.5 Å². The molecule has 3 aromatic heterocycles. The van der Waals surface area contributed by atoms with Gasteiger partial charge in [0.1, 0.15) is 23.6 Å². The highest BCUT2D eigenvalue weighted by Crippen LogP contribution is 2.38. The molecule has 0 aromatic carbocycles. The molecule has 3 aromatic rings. The largest absolute Gasteiger partial charge is 0.443 e. The summed E-state index contributed by atoms with van der Waals surface area (Å²) in [5, 5.41) is 9.48. The van der Waals surface area contributed by atoms with Gasteiger partial charge in [0.2, 0.25) is 0 Å². The van der Waals surface area contributed by atoms with Crippen molar-refractivity contribution in [1.82, 2.24) is 24.4 Å². The first-order valence-electron chi connectivity index (χ1n) is 12.0. The van der Waals surface area contributed by atoms with Crippen molar-refractivity contribution in [2.75, 3.05) is 18.0 Å². The zero-order chi connectivity index (χ0) is 25.6. The van der Waals surface area contributed by atoms with Gasteiger partial charge in [0.15, 0.2) is 5.65 Å². The van der Waals surface area contributed by atoms with Crippen molar-refractivity contribution in [3.63, 3.8) is 0 Å². The lowest BCUT2D eigenvalue weighted by atomic mass is 9.82. The minimum Gasteiger partial charge on any atom is -0.443 e. The van der Waals surface area contributed by atoms with Crippen LogP contribution in [-0.4, -0.2) is 61.3 Å². The van der Waals surface area contributed by atoms with Crippen LogP contribution in [0.1, 0.15) is 57.6 Å². The topological polar surface area (TPSA) is 100 Å². The number of carbonyl (C=O) groups excluding carboxylic acids is 1. The molecule has 1 saturated heterocycles. The van der Waals surface area contributed by atoms with Gasteiger partial charge in [-0.2, -0.15) is 5.26 Å². The number of nitriles is 1. The molecule has 2 aliphatic rings. The molecule has 0 bridgehead atoms. The molecule has 188 valence electrons. The summed E-state index contributed by atoms with van der Waals surface area (Å²) in [6.07, 6.45) is 3.76. The molecule has 1 aliphatic heterocycles. The van der Waals surface area contributed by atoms with E-state index < -0.39 is 12.0 Å². The fourth-order valence-electron chi connectivity index (χ4n) is 4.97. The Morgan fingerprint density at radius 3 is 2.67 bits per heavy atom. The molecule has 4 heterocycles. The number of ether oxygens (including phenoxy) is 1. The Hall–Kier alpha value is -3.81. The number of hydrogen-bond donors (Lipinski definition) is 0. The van der Waals surface area contributed by atoms with Crippen LogP contribution < -0.4 is 4.90 Å². The van der Waals surface area contributed by atoms with Crippen LogP contribution in [0, 0.1) is 11.3 Å². The highest BCUT2D eigenvalue weighted by molar-refractivity contribution is 5.93. The van der Waals surface area contributed by atoms with Crippen molar-refractivity contribution < 1.29 is 18.3 Å². The van der Waals surface area contributed by atoms with Gasteiger partial charge < -0.3 is 14.5 Å². The van der Waals surface area contributed by atoms with Crippen molar-refractivity contribution in [2.45, 2.75) is 64.1 Å².